The fourth-order valence-corrected chi connectivity index (χ4v) is 4.97. The maximum atomic E-state index is 12.7. The molecule has 0 bridgehead atoms. The lowest BCUT2D eigenvalue weighted by molar-refractivity contribution is -0.126. The van der Waals surface area contributed by atoms with Crippen LogP contribution in [0.5, 0.6) is 5.75 Å². The molecule has 3 aliphatic rings. The van der Waals surface area contributed by atoms with Crippen molar-refractivity contribution in [2.24, 2.45) is 22.4 Å². The minimum absolute atomic E-state index is 0.0903. The number of aliphatic imine (C=N–C) groups is 1. The number of rotatable bonds is 5. The number of ether oxygens (including phenoxy) is 1. The van der Waals surface area contributed by atoms with E-state index in [0.717, 1.165) is 48.2 Å². The van der Waals surface area contributed by atoms with Gasteiger partial charge < -0.3 is 21.5 Å². The molecule has 1 unspecified atom stereocenters. The van der Waals surface area contributed by atoms with Gasteiger partial charge in [-0.2, -0.15) is 0 Å². The zero-order chi connectivity index (χ0) is 21.8. The van der Waals surface area contributed by atoms with Gasteiger partial charge >= 0.3 is 0 Å². The molecule has 2 aromatic rings. The van der Waals surface area contributed by atoms with Crippen molar-refractivity contribution in [2.45, 2.75) is 44.6 Å². The minimum Gasteiger partial charge on any atom is -0.493 e. The van der Waals surface area contributed by atoms with Gasteiger partial charge in [0, 0.05) is 35.9 Å². The van der Waals surface area contributed by atoms with E-state index < -0.39 is 17.4 Å². The number of carbonyl (C=O) groups excluding carboxylic acids is 2. The van der Waals surface area contributed by atoms with Crippen LogP contribution in [0.3, 0.4) is 0 Å². The first-order chi connectivity index (χ1) is 14.9. The molecule has 3 heterocycles. The highest BCUT2D eigenvalue weighted by Gasteiger charge is 2.50. The van der Waals surface area contributed by atoms with Gasteiger partial charge in [-0.3, -0.25) is 19.6 Å². The summed E-state index contributed by atoms with van der Waals surface area (Å²) in [7, 11) is 0. The fraction of sp³-hybridized carbons (Fsp3) is 0.391. The van der Waals surface area contributed by atoms with Gasteiger partial charge in [0.05, 0.1) is 29.3 Å². The molecule has 2 aliphatic heterocycles. The number of hydrogen-bond acceptors (Lipinski definition) is 6. The van der Waals surface area contributed by atoms with Crippen LogP contribution in [0.1, 0.15) is 53.4 Å². The van der Waals surface area contributed by atoms with E-state index in [2.05, 4.69) is 10.3 Å². The SMILES string of the molecule is CC1=NC(C(N)=O)(C2CCC2)Cc2c1ncc(C(N)=O)c2Nc1cccc2c1CCO2. The van der Waals surface area contributed by atoms with Crippen LogP contribution in [0.15, 0.2) is 29.4 Å². The molecule has 8 nitrogen and oxygen atoms in total. The van der Waals surface area contributed by atoms with E-state index in [1.54, 1.807) is 0 Å². The average molecular weight is 419 g/mol. The third-order valence-electron chi connectivity index (χ3n) is 6.81. The van der Waals surface area contributed by atoms with Crippen molar-refractivity contribution in [2.75, 3.05) is 11.9 Å². The zero-order valence-electron chi connectivity index (χ0n) is 17.4. The molecule has 1 saturated carbocycles. The highest BCUT2D eigenvalue weighted by Crippen LogP contribution is 2.45. The molecule has 5 rings (SSSR count). The zero-order valence-corrected chi connectivity index (χ0v) is 17.4. The maximum absolute atomic E-state index is 12.7. The lowest BCUT2D eigenvalue weighted by Gasteiger charge is -2.43. The molecule has 2 amide bonds. The Morgan fingerprint density at radius 3 is 2.71 bits per heavy atom. The molecule has 1 atom stereocenters. The second kappa shape index (κ2) is 7.08. The average Bonchev–Trinajstić information content (AvgIpc) is 3.16. The molecular weight excluding hydrogens is 394 g/mol. The Labute approximate surface area is 180 Å². The number of aromatic nitrogens is 1. The largest absolute Gasteiger partial charge is 0.493 e. The molecule has 5 N–H and O–H groups in total. The van der Waals surface area contributed by atoms with Gasteiger partial charge in [0.1, 0.15) is 11.3 Å². The van der Waals surface area contributed by atoms with Crippen molar-refractivity contribution >= 4 is 28.9 Å². The van der Waals surface area contributed by atoms with Crippen molar-refractivity contribution in [3.8, 4) is 5.75 Å². The molecule has 8 heteroatoms. The number of primary amides is 2. The monoisotopic (exact) mass is 419 g/mol. The number of nitrogens with zero attached hydrogens (tertiary/aromatic N) is 2. The van der Waals surface area contributed by atoms with Crippen LogP contribution in [0.2, 0.25) is 0 Å². The highest BCUT2D eigenvalue weighted by molar-refractivity contribution is 6.07. The summed E-state index contributed by atoms with van der Waals surface area (Å²) < 4.78 is 5.68. The van der Waals surface area contributed by atoms with Crippen molar-refractivity contribution in [1.29, 1.82) is 0 Å². The lowest BCUT2D eigenvalue weighted by Crippen LogP contribution is -2.54. The van der Waals surface area contributed by atoms with Gasteiger partial charge in [-0.1, -0.05) is 12.5 Å². The van der Waals surface area contributed by atoms with Crippen molar-refractivity contribution < 1.29 is 14.3 Å². The summed E-state index contributed by atoms with van der Waals surface area (Å²) in [6, 6.07) is 5.77. The van der Waals surface area contributed by atoms with Crippen molar-refractivity contribution in [1.82, 2.24) is 4.98 Å². The van der Waals surface area contributed by atoms with Crippen molar-refractivity contribution in [3.05, 3.63) is 46.8 Å². The molecular formula is C23H25N5O3. The second-order valence-electron chi connectivity index (χ2n) is 8.53. The summed E-state index contributed by atoms with van der Waals surface area (Å²) in [6.45, 7) is 2.45. The summed E-state index contributed by atoms with van der Waals surface area (Å²) in [4.78, 5) is 34.2. The normalized spacial score (nSPS) is 21.9. The number of benzene rings is 1. The Hall–Kier alpha value is -3.42. The quantitative estimate of drug-likeness (QED) is 0.684. The van der Waals surface area contributed by atoms with Gasteiger partial charge in [-0.15, -0.1) is 0 Å². The van der Waals surface area contributed by atoms with Gasteiger partial charge in [0.25, 0.3) is 5.91 Å². The third kappa shape index (κ3) is 2.97. The molecule has 0 radical (unpaired) electrons. The summed E-state index contributed by atoms with van der Waals surface area (Å²) in [6.07, 6.45) is 5.41. The number of nitrogens with two attached hydrogens (primary N) is 2. The Morgan fingerprint density at radius 2 is 2.03 bits per heavy atom. The molecule has 0 saturated heterocycles. The van der Waals surface area contributed by atoms with Crippen molar-refractivity contribution in [3.63, 3.8) is 0 Å². The number of fused-ring (bicyclic) bond motifs is 2. The topological polar surface area (TPSA) is 133 Å². The minimum atomic E-state index is -1.02. The van der Waals surface area contributed by atoms with E-state index in [-0.39, 0.29) is 11.5 Å². The Balaban J connectivity index is 1.67. The van der Waals surface area contributed by atoms with E-state index in [1.165, 1.54) is 6.20 Å². The smallest absolute Gasteiger partial charge is 0.252 e. The summed E-state index contributed by atoms with van der Waals surface area (Å²) in [5.74, 6) is -0.110. The summed E-state index contributed by atoms with van der Waals surface area (Å²) in [5.41, 5.74) is 15.4. The predicted octanol–water partition coefficient (Wildman–Crippen LogP) is 2.25. The highest BCUT2D eigenvalue weighted by atomic mass is 16.5. The van der Waals surface area contributed by atoms with Crippen LogP contribution in [0.4, 0.5) is 11.4 Å². The van der Waals surface area contributed by atoms with Gasteiger partial charge in [0.15, 0.2) is 0 Å². The standard InChI is InChI=1S/C23H25N5O3/c1-12-19-15(10-23(28-12,22(25)30)13-4-2-5-13)20(16(11-26-19)21(24)29)27-17-6-3-7-18-14(17)8-9-31-18/h3,6-7,11,13H,2,4-5,8-10H2,1H3,(H2,24,29)(H2,25,30)(H,26,27). The van der Waals surface area contributed by atoms with E-state index in [1.807, 2.05) is 25.1 Å². The van der Waals surface area contributed by atoms with Crippen LogP contribution in [0.25, 0.3) is 0 Å². The predicted molar refractivity (Wildman–Crippen MR) is 117 cm³/mol. The fourth-order valence-electron chi connectivity index (χ4n) is 4.97. The van der Waals surface area contributed by atoms with E-state index >= 15 is 0 Å². The Kier molecular flexibility index (Phi) is 4.46. The first-order valence-corrected chi connectivity index (χ1v) is 10.6. The summed E-state index contributed by atoms with van der Waals surface area (Å²) in [5, 5.41) is 3.43. The van der Waals surface area contributed by atoms with E-state index in [0.29, 0.717) is 30.1 Å². The lowest BCUT2D eigenvalue weighted by atomic mass is 9.66. The van der Waals surface area contributed by atoms with E-state index in [9.17, 15) is 9.59 Å². The molecule has 1 aromatic heterocycles. The van der Waals surface area contributed by atoms with Crippen LogP contribution in [0, 0.1) is 5.92 Å². The Morgan fingerprint density at radius 1 is 1.23 bits per heavy atom. The van der Waals surface area contributed by atoms with Gasteiger partial charge in [-0.25, -0.2) is 0 Å². The number of nitrogens with one attached hydrogen (secondary N) is 1. The number of pyridine rings is 1. The van der Waals surface area contributed by atoms with Crippen LogP contribution < -0.4 is 21.5 Å². The van der Waals surface area contributed by atoms with E-state index in [4.69, 9.17) is 21.2 Å². The number of amides is 2. The number of carbonyl (C=O) groups is 2. The first-order valence-electron chi connectivity index (χ1n) is 10.6. The van der Waals surface area contributed by atoms with Gasteiger partial charge in [-0.05, 0) is 37.8 Å². The first kappa shape index (κ1) is 19.5. The van der Waals surface area contributed by atoms with Crippen LogP contribution in [-0.4, -0.2) is 34.7 Å². The van der Waals surface area contributed by atoms with Crippen LogP contribution in [-0.2, 0) is 17.6 Å². The third-order valence-corrected chi connectivity index (χ3v) is 6.81. The summed E-state index contributed by atoms with van der Waals surface area (Å²) >= 11 is 0. The Bertz CT molecular complexity index is 1140. The maximum Gasteiger partial charge on any atom is 0.252 e. The molecule has 0 spiro atoms. The number of hydrogen-bond donors (Lipinski definition) is 3. The van der Waals surface area contributed by atoms with Crippen LogP contribution >= 0.6 is 0 Å². The molecule has 160 valence electrons. The molecule has 31 heavy (non-hydrogen) atoms. The molecule has 1 fully saturated rings. The molecule has 1 aromatic carbocycles. The molecule has 1 aliphatic carbocycles. The number of anilines is 2. The van der Waals surface area contributed by atoms with Gasteiger partial charge in [0.2, 0.25) is 5.91 Å². The second-order valence-corrected chi connectivity index (χ2v) is 8.53.